The van der Waals surface area contributed by atoms with Crippen LogP contribution in [0.1, 0.15) is 52.4 Å². The lowest BCUT2D eigenvalue weighted by Crippen LogP contribution is -2.34. The number of methoxy groups -OCH3 is 1. The van der Waals surface area contributed by atoms with Crippen LogP contribution in [-0.2, 0) is 9.53 Å². The van der Waals surface area contributed by atoms with E-state index in [2.05, 4.69) is 19.2 Å². The Morgan fingerprint density at radius 3 is 2.60 bits per heavy atom. The van der Waals surface area contributed by atoms with Crippen molar-refractivity contribution in [2.45, 2.75) is 58.4 Å². The van der Waals surface area contributed by atoms with E-state index in [0.717, 1.165) is 12.8 Å². The Balaban J connectivity index is 3.62. The first-order chi connectivity index (χ1) is 7.24. The molecular formula is C12H25NO2. The van der Waals surface area contributed by atoms with Gasteiger partial charge in [0.15, 0.2) is 0 Å². The molecule has 0 fully saturated rings. The summed E-state index contributed by atoms with van der Waals surface area (Å²) in [7, 11) is 1.62. The molecule has 0 radical (unpaired) electrons. The van der Waals surface area contributed by atoms with E-state index in [-0.39, 0.29) is 5.91 Å². The van der Waals surface area contributed by atoms with Crippen molar-refractivity contribution in [3.63, 3.8) is 0 Å². The lowest BCUT2D eigenvalue weighted by molar-refractivity contribution is -0.122. The first kappa shape index (κ1) is 14.4. The Kier molecular flexibility index (Phi) is 9.59. The van der Waals surface area contributed by atoms with Crippen LogP contribution in [0.5, 0.6) is 0 Å². The Hall–Kier alpha value is -0.570. The van der Waals surface area contributed by atoms with Crippen molar-refractivity contribution in [3.8, 4) is 0 Å². The molecule has 0 aromatic rings. The van der Waals surface area contributed by atoms with E-state index in [1.54, 1.807) is 7.11 Å². The van der Waals surface area contributed by atoms with Gasteiger partial charge >= 0.3 is 0 Å². The minimum Gasteiger partial charge on any atom is -0.384 e. The first-order valence-electron chi connectivity index (χ1n) is 6.02. The second-order valence-corrected chi connectivity index (χ2v) is 3.91. The molecule has 0 aliphatic heterocycles. The van der Waals surface area contributed by atoms with Crippen LogP contribution in [0.3, 0.4) is 0 Å². The number of hydrogen-bond donors (Lipinski definition) is 1. The van der Waals surface area contributed by atoms with E-state index < -0.39 is 0 Å². The number of amides is 1. The van der Waals surface area contributed by atoms with E-state index in [1.165, 1.54) is 19.3 Å². The molecule has 1 unspecified atom stereocenters. The SMILES string of the molecule is CCCCCC(CC)NC(=O)CCOC. The van der Waals surface area contributed by atoms with Crippen LogP contribution in [0.25, 0.3) is 0 Å². The number of rotatable bonds is 9. The van der Waals surface area contributed by atoms with Gasteiger partial charge in [-0.05, 0) is 12.8 Å². The minimum absolute atomic E-state index is 0.111. The Morgan fingerprint density at radius 2 is 2.07 bits per heavy atom. The molecule has 3 heteroatoms. The van der Waals surface area contributed by atoms with E-state index in [4.69, 9.17) is 4.74 Å². The summed E-state index contributed by atoms with van der Waals surface area (Å²) in [4.78, 5) is 11.4. The lowest BCUT2D eigenvalue weighted by Gasteiger charge is -2.16. The van der Waals surface area contributed by atoms with E-state index in [1.807, 2.05) is 0 Å². The van der Waals surface area contributed by atoms with Gasteiger partial charge in [0.2, 0.25) is 5.91 Å². The van der Waals surface area contributed by atoms with Crippen LogP contribution in [-0.4, -0.2) is 25.7 Å². The third kappa shape index (κ3) is 8.43. The molecule has 0 spiro atoms. The zero-order valence-corrected chi connectivity index (χ0v) is 10.3. The monoisotopic (exact) mass is 215 g/mol. The van der Waals surface area contributed by atoms with Crippen LogP contribution in [0, 0.1) is 0 Å². The predicted octanol–water partition coefficient (Wildman–Crippen LogP) is 2.50. The molecule has 0 bridgehead atoms. The van der Waals surface area contributed by atoms with Gasteiger partial charge in [0.1, 0.15) is 0 Å². The molecule has 1 N–H and O–H groups in total. The van der Waals surface area contributed by atoms with E-state index in [9.17, 15) is 4.79 Å². The maximum Gasteiger partial charge on any atom is 0.222 e. The number of nitrogens with one attached hydrogen (secondary N) is 1. The smallest absolute Gasteiger partial charge is 0.222 e. The quantitative estimate of drug-likeness (QED) is 0.600. The topological polar surface area (TPSA) is 38.3 Å². The molecule has 90 valence electrons. The van der Waals surface area contributed by atoms with Gasteiger partial charge in [-0.3, -0.25) is 4.79 Å². The highest BCUT2D eigenvalue weighted by Crippen LogP contribution is 2.06. The summed E-state index contributed by atoms with van der Waals surface area (Å²) in [5.41, 5.74) is 0. The van der Waals surface area contributed by atoms with Gasteiger partial charge in [0, 0.05) is 19.6 Å². The third-order valence-corrected chi connectivity index (χ3v) is 2.55. The van der Waals surface area contributed by atoms with Crippen molar-refractivity contribution >= 4 is 5.91 Å². The second kappa shape index (κ2) is 9.97. The van der Waals surface area contributed by atoms with Gasteiger partial charge in [-0.15, -0.1) is 0 Å². The lowest BCUT2D eigenvalue weighted by atomic mass is 10.1. The summed E-state index contributed by atoms with van der Waals surface area (Å²) in [5.74, 6) is 0.111. The van der Waals surface area contributed by atoms with Gasteiger partial charge in [-0.2, -0.15) is 0 Å². The molecular weight excluding hydrogens is 190 g/mol. The highest BCUT2D eigenvalue weighted by Gasteiger charge is 2.09. The average molecular weight is 215 g/mol. The molecule has 15 heavy (non-hydrogen) atoms. The Morgan fingerprint density at radius 1 is 1.33 bits per heavy atom. The van der Waals surface area contributed by atoms with Crippen LogP contribution in [0.4, 0.5) is 0 Å². The van der Waals surface area contributed by atoms with Crippen LogP contribution in [0.15, 0.2) is 0 Å². The summed E-state index contributed by atoms with van der Waals surface area (Å²) in [6.07, 6.45) is 6.28. The summed E-state index contributed by atoms with van der Waals surface area (Å²) in [6, 6.07) is 0.348. The van der Waals surface area contributed by atoms with Crippen LogP contribution < -0.4 is 5.32 Å². The number of carbonyl (C=O) groups excluding carboxylic acids is 1. The van der Waals surface area contributed by atoms with E-state index in [0.29, 0.717) is 19.1 Å². The standard InChI is InChI=1S/C12H25NO2/c1-4-6-7-8-11(5-2)13-12(14)9-10-15-3/h11H,4-10H2,1-3H3,(H,13,14). The summed E-state index contributed by atoms with van der Waals surface area (Å²) in [5, 5.41) is 3.04. The molecule has 0 aliphatic carbocycles. The Bertz CT molecular complexity index is 160. The maximum atomic E-state index is 11.4. The highest BCUT2D eigenvalue weighted by atomic mass is 16.5. The number of ether oxygens (including phenoxy) is 1. The number of hydrogen-bond acceptors (Lipinski definition) is 2. The van der Waals surface area contributed by atoms with Crippen molar-refractivity contribution < 1.29 is 9.53 Å². The van der Waals surface area contributed by atoms with Gasteiger partial charge in [-0.1, -0.05) is 33.1 Å². The predicted molar refractivity (Wildman–Crippen MR) is 62.9 cm³/mol. The Labute approximate surface area is 93.6 Å². The van der Waals surface area contributed by atoms with Gasteiger partial charge in [0.25, 0.3) is 0 Å². The van der Waals surface area contributed by atoms with Crippen molar-refractivity contribution in [1.29, 1.82) is 0 Å². The molecule has 1 atom stereocenters. The zero-order chi connectivity index (χ0) is 11.5. The van der Waals surface area contributed by atoms with Crippen LogP contribution in [0.2, 0.25) is 0 Å². The minimum atomic E-state index is 0.111. The van der Waals surface area contributed by atoms with Crippen molar-refractivity contribution in [3.05, 3.63) is 0 Å². The van der Waals surface area contributed by atoms with Crippen LogP contribution >= 0.6 is 0 Å². The van der Waals surface area contributed by atoms with Gasteiger partial charge in [-0.25, -0.2) is 0 Å². The molecule has 3 nitrogen and oxygen atoms in total. The molecule has 0 aromatic heterocycles. The molecule has 0 aliphatic rings. The summed E-state index contributed by atoms with van der Waals surface area (Å²) in [6.45, 7) is 4.82. The van der Waals surface area contributed by atoms with Crippen molar-refractivity contribution in [2.75, 3.05) is 13.7 Å². The largest absolute Gasteiger partial charge is 0.384 e. The van der Waals surface area contributed by atoms with E-state index >= 15 is 0 Å². The highest BCUT2D eigenvalue weighted by molar-refractivity contribution is 5.76. The zero-order valence-electron chi connectivity index (χ0n) is 10.3. The number of carbonyl (C=O) groups is 1. The fourth-order valence-electron chi connectivity index (χ4n) is 1.51. The molecule has 0 saturated heterocycles. The van der Waals surface area contributed by atoms with Crippen molar-refractivity contribution in [2.24, 2.45) is 0 Å². The molecule has 0 saturated carbocycles. The van der Waals surface area contributed by atoms with Gasteiger partial charge in [0.05, 0.1) is 6.61 Å². The fraction of sp³-hybridized carbons (Fsp3) is 0.917. The molecule has 0 heterocycles. The maximum absolute atomic E-state index is 11.4. The first-order valence-corrected chi connectivity index (χ1v) is 6.02. The second-order valence-electron chi connectivity index (χ2n) is 3.91. The molecule has 0 aromatic carbocycles. The molecule has 1 amide bonds. The number of unbranched alkanes of at least 4 members (excludes halogenated alkanes) is 2. The normalized spacial score (nSPS) is 12.5. The van der Waals surface area contributed by atoms with Crippen molar-refractivity contribution in [1.82, 2.24) is 5.32 Å². The summed E-state index contributed by atoms with van der Waals surface area (Å²) < 4.78 is 4.87. The molecule has 0 rings (SSSR count). The fourth-order valence-corrected chi connectivity index (χ4v) is 1.51. The third-order valence-electron chi connectivity index (χ3n) is 2.55. The summed E-state index contributed by atoms with van der Waals surface area (Å²) >= 11 is 0. The average Bonchev–Trinajstić information content (AvgIpc) is 2.25. The van der Waals surface area contributed by atoms with Gasteiger partial charge < -0.3 is 10.1 Å².